The van der Waals surface area contributed by atoms with E-state index in [0.29, 0.717) is 6.54 Å². The lowest BCUT2D eigenvalue weighted by Crippen LogP contribution is -2.76. The van der Waals surface area contributed by atoms with E-state index in [1.54, 1.807) is 50.2 Å². The first-order valence-corrected chi connectivity index (χ1v) is 14.6. The second-order valence-electron chi connectivity index (χ2n) is 11.2. The standard InChI is InChI=1S/C33H34N6O5/c1-2-14-37-21-31(42)38-28(16-22-8-11-26(40)12-9-22)32(43)36(19-24-10-13-27-25(15-24)17-29(41)35-27)20-30(38)39(37)33(44)34-18-23-6-4-3-5-7-23/h2-13,15,28,30,40H,1,14,16-21H2,(H,34,44)(H,35,41)/t28-,30-/m0/s1. The number of aromatic hydroxyl groups is 1. The lowest BCUT2D eigenvalue weighted by molar-refractivity contribution is -0.189. The maximum absolute atomic E-state index is 14.1. The molecule has 44 heavy (non-hydrogen) atoms. The van der Waals surface area contributed by atoms with Gasteiger partial charge in [0.15, 0.2) is 0 Å². The van der Waals surface area contributed by atoms with Gasteiger partial charge in [0.05, 0.1) is 19.5 Å². The second-order valence-corrected chi connectivity index (χ2v) is 11.2. The van der Waals surface area contributed by atoms with E-state index >= 15 is 0 Å². The molecule has 3 N–H and O–H groups in total. The van der Waals surface area contributed by atoms with Gasteiger partial charge in [-0.3, -0.25) is 14.4 Å². The molecule has 3 aliphatic rings. The van der Waals surface area contributed by atoms with Gasteiger partial charge in [0.1, 0.15) is 18.0 Å². The van der Waals surface area contributed by atoms with Gasteiger partial charge in [-0.25, -0.2) is 14.8 Å². The van der Waals surface area contributed by atoms with Crippen molar-refractivity contribution in [2.75, 3.05) is 25.0 Å². The highest BCUT2D eigenvalue weighted by molar-refractivity contribution is 5.99. The molecule has 0 bridgehead atoms. The number of phenols is 1. The van der Waals surface area contributed by atoms with Crippen molar-refractivity contribution in [3.63, 3.8) is 0 Å². The predicted molar refractivity (Wildman–Crippen MR) is 163 cm³/mol. The van der Waals surface area contributed by atoms with E-state index in [0.717, 1.165) is 27.9 Å². The number of hydrogen-bond acceptors (Lipinski definition) is 6. The molecule has 0 spiro atoms. The molecule has 3 aromatic rings. The van der Waals surface area contributed by atoms with Crippen LogP contribution in [0, 0.1) is 0 Å². The minimum absolute atomic E-state index is 0.0732. The van der Waals surface area contributed by atoms with Crippen molar-refractivity contribution in [2.45, 2.75) is 38.1 Å². The molecular weight excluding hydrogens is 560 g/mol. The first-order chi connectivity index (χ1) is 21.3. The number of hydrogen-bond donors (Lipinski definition) is 3. The summed E-state index contributed by atoms with van der Waals surface area (Å²) < 4.78 is 0. The number of anilines is 1. The van der Waals surface area contributed by atoms with Gasteiger partial charge in [-0.05, 0) is 40.5 Å². The van der Waals surface area contributed by atoms with Gasteiger partial charge in [0, 0.05) is 31.7 Å². The van der Waals surface area contributed by atoms with Crippen LogP contribution < -0.4 is 10.6 Å². The van der Waals surface area contributed by atoms with Gasteiger partial charge in [0.25, 0.3) is 0 Å². The molecule has 2 saturated heterocycles. The van der Waals surface area contributed by atoms with Crippen LogP contribution in [0.25, 0.3) is 0 Å². The number of rotatable bonds is 8. The highest BCUT2D eigenvalue weighted by atomic mass is 16.3. The number of hydrazine groups is 1. The zero-order valence-corrected chi connectivity index (χ0v) is 24.2. The van der Waals surface area contributed by atoms with Gasteiger partial charge in [-0.15, -0.1) is 6.58 Å². The molecule has 0 aliphatic carbocycles. The molecule has 0 saturated carbocycles. The Morgan fingerprint density at radius 2 is 1.75 bits per heavy atom. The zero-order valence-electron chi connectivity index (χ0n) is 24.2. The summed E-state index contributed by atoms with van der Waals surface area (Å²) in [6, 6.07) is 20.4. The number of fused-ring (bicyclic) bond motifs is 2. The predicted octanol–water partition coefficient (Wildman–Crippen LogP) is 2.62. The molecule has 2 atom stereocenters. The largest absolute Gasteiger partial charge is 0.508 e. The summed E-state index contributed by atoms with van der Waals surface area (Å²) in [6.07, 6.45) is 1.35. The molecule has 0 unspecified atom stereocenters. The normalized spacial score (nSPS) is 19.8. The van der Waals surface area contributed by atoms with Crippen LogP contribution in [0.15, 0.2) is 85.5 Å². The number of piperazine rings is 1. The summed E-state index contributed by atoms with van der Waals surface area (Å²) in [5, 5.41) is 18.8. The number of phenolic OH excluding ortho intramolecular Hbond substituents is 1. The molecule has 3 aliphatic heterocycles. The first-order valence-electron chi connectivity index (χ1n) is 14.6. The highest BCUT2D eigenvalue weighted by Gasteiger charge is 2.51. The number of nitrogens with zero attached hydrogens (tertiary/aromatic N) is 4. The summed E-state index contributed by atoms with van der Waals surface area (Å²) in [5.41, 5.74) is 4.17. The minimum Gasteiger partial charge on any atom is -0.508 e. The lowest BCUT2D eigenvalue weighted by Gasteiger charge is -2.55. The van der Waals surface area contributed by atoms with Gasteiger partial charge in [0.2, 0.25) is 17.7 Å². The van der Waals surface area contributed by atoms with E-state index in [9.17, 15) is 24.3 Å². The third-order valence-electron chi connectivity index (χ3n) is 8.20. The van der Waals surface area contributed by atoms with Crippen LogP contribution in [0.2, 0.25) is 0 Å². The summed E-state index contributed by atoms with van der Waals surface area (Å²) >= 11 is 0. The third-order valence-corrected chi connectivity index (χ3v) is 8.20. The average Bonchev–Trinajstić information content (AvgIpc) is 3.39. The van der Waals surface area contributed by atoms with E-state index in [1.165, 1.54) is 0 Å². The Hall–Kier alpha value is -5.16. The Balaban J connectivity index is 1.33. The van der Waals surface area contributed by atoms with Crippen molar-refractivity contribution in [3.8, 4) is 5.75 Å². The molecule has 0 aromatic heterocycles. The summed E-state index contributed by atoms with van der Waals surface area (Å²) in [7, 11) is 0. The van der Waals surface area contributed by atoms with Crippen LogP contribution in [0.4, 0.5) is 10.5 Å². The van der Waals surface area contributed by atoms with Crippen molar-refractivity contribution < 1.29 is 24.3 Å². The quantitative estimate of drug-likeness (QED) is 0.345. The SMILES string of the molecule is C=CCN1CC(=O)N2[C@@H](Cc3ccc(O)cc3)C(=O)N(Cc3ccc4c(c3)CC(=O)N4)C[C@@H]2N1C(=O)NCc1ccccc1. The maximum atomic E-state index is 14.1. The monoisotopic (exact) mass is 594 g/mol. The Bertz CT molecular complexity index is 1590. The maximum Gasteiger partial charge on any atom is 0.334 e. The van der Waals surface area contributed by atoms with Gasteiger partial charge < -0.3 is 25.5 Å². The van der Waals surface area contributed by atoms with E-state index in [-0.39, 0.29) is 62.5 Å². The fourth-order valence-electron chi connectivity index (χ4n) is 6.15. The fourth-order valence-corrected chi connectivity index (χ4v) is 6.15. The van der Waals surface area contributed by atoms with Crippen molar-refractivity contribution >= 4 is 29.4 Å². The molecule has 226 valence electrons. The summed E-state index contributed by atoms with van der Waals surface area (Å²) in [6.45, 7) is 4.63. The molecule has 2 fully saturated rings. The van der Waals surface area contributed by atoms with Crippen LogP contribution in [-0.2, 0) is 40.3 Å². The molecular formula is C33H34N6O5. The molecule has 0 radical (unpaired) electrons. The lowest BCUT2D eigenvalue weighted by atomic mass is 9.98. The number of benzene rings is 3. The van der Waals surface area contributed by atoms with E-state index < -0.39 is 18.2 Å². The molecule has 11 nitrogen and oxygen atoms in total. The number of carbonyl (C=O) groups is 4. The fraction of sp³-hybridized carbons (Fsp3) is 0.273. The van der Waals surface area contributed by atoms with Gasteiger partial charge in [-0.2, -0.15) is 0 Å². The minimum atomic E-state index is -0.876. The Kier molecular flexibility index (Phi) is 8.03. The molecule has 3 aromatic carbocycles. The van der Waals surface area contributed by atoms with Crippen LogP contribution in [0.3, 0.4) is 0 Å². The average molecular weight is 595 g/mol. The van der Waals surface area contributed by atoms with Gasteiger partial charge in [-0.1, -0.05) is 60.7 Å². The Labute approximate surface area is 255 Å². The second kappa shape index (κ2) is 12.2. The van der Waals surface area contributed by atoms with Crippen molar-refractivity contribution in [3.05, 3.63) is 108 Å². The Morgan fingerprint density at radius 3 is 2.50 bits per heavy atom. The number of carbonyl (C=O) groups excluding carboxylic acids is 4. The van der Waals surface area contributed by atoms with Crippen molar-refractivity contribution in [2.24, 2.45) is 0 Å². The number of amides is 5. The number of urea groups is 1. The Morgan fingerprint density at radius 1 is 1.00 bits per heavy atom. The molecule has 5 amide bonds. The summed E-state index contributed by atoms with van der Waals surface area (Å²) in [5.74, 6) is -0.471. The van der Waals surface area contributed by atoms with Crippen molar-refractivity contribution in [1.82, 2.24) is 25.1 Å². The summed E-state index contributed by atoms with van der Waals surface area (Å²) in [4.78, 5) is 56.9. The smallest absolute Gasteiger partial charge is 0.334 e. The van der Waals surface area contributed by atoms with E-state index in [2.05, 4.69) is 17.2 Å². The zero-order chi connectivity index (χ0) is 30.8. The van der Waals surface area contributed by atoms with E-state index in [4.69, 9.17) is 0 Å². The van der Waals surface area contributed by atoms with Crippen LogP contribution >= 0.6 is 0 Å². The first kappa shape index (κ1) is 28.9. The van der Waals surface area contributed by atoms with Crippen LogP contribution in [0.1, 0.15) is 22.3 Å². The third kappa shape index (κ3) is 5.86. The van der Waals surface area contributed by atoms with Crippen LogP contribution in [0.5, 0.6) is 5.75 Å². The molecule has 6 rings (SSSR count). The highest BCUT2D eigenvalue weighted by Crippen LogP contribution is 2.31. The molecule has 11 heteroatoms. The number of nitrogens with one attached hydrogen (secondary N) is 2. The van der Waals surface area contributed by atoms with Crippen molar-refractivity contribution in [1.29, 1.82) is 0 Å². The van der Waals surface area contributed by atoms with Crippen LogP contribution in [-0.4, -0.2) is 80.5 Å². The van der Waals surface area contributed by atoms with Gasteiger partial charge >= 0.3 is 6.03 Å². The topological polar surface area (TPSA) is 126 Å². The van der Waals surface area contributed by atoms with E-state index in [1.807, 2.05) is 48.5 Å². The molecule has 3 heterocycles.